The molecule has 1 aromatic heterocycles. The van der Waals surface area contributed by atoms with Crippen molar-refractivity contribution in [2.75, 3.05) is 18.4 Å². The summed E-state index contributed by atoms with van der Waals surface area (Å²) in [7, 11) is 0. The summed E-state index contributed by atoms with van der Waals surface area (Å²) in [5.41, 5.74) is 2.91. The van der Waals surface area contributed by atoms with Crippen LogP contribution >= 0.6 is 0 Å². The molecule has 0 aliphatic heterocycles. The first-order chi connectivity index (χ1) is 13.2. The van der Waals surface area contributed by atoms with E-state index in [1.54, 1.807) is 6.20 Å². The van der Waals surface area contributed by atoms with Gasteiger partial charge in [0, 0.05) is 43.5 Å². The molecule has 27 heavy (non-hydrogen) atoms. The van der Waals surface area contributed by atoms with Gasteiger partial charge in [0.15, 0.2) is 5.96 Å². The molecule has 144 valence electrons. The third-order valence-corrected chi connectivity index (χ3v) is 3.85. The van der Waals surface area contributed by atoms with E-state index in [0.717, 1.165) is 48.8 Å². The first kappa shape index (κ1) is 20.4. The quantitative estimate of drug-likeness (QED) is 0.470. The Bertz CT molecular complexity index is 730. The number of carbonyl (C=O) groups is 1. The SMILES string of the molecule is CCCC(=O)Nc1cccc(CN=C(NCC)NCCc2ccccn2)c1. The Hall–Kier alpha value is -2.89. The number of pyridine rings is 1. The van der Waals surface area contributed by atoms with Crippen molar-refractivity contribution in [2.24, 2.45) is 4.99 Å². The van der Waals surface area contributed by atoms with E-state index in [1.165, 1.54) is 0 Å². The molecule has 0 unspecified atom stereocenters. The van der Waals surface area contributed by atoms with Crippen LogP contribution in [0, 0.1) is 0 Å². The zero-order valence-electron chi connectivity index (χ0n) is 16.2. The zero-order chi connectivity index (χ0) is 19.3. The number of hydrogen-bond donors (Lipinski definition) is 3. The Morgan fingerprint density at radius 3 is 2.74 bits per heavy atom. The molecule has 0 saturated carbocycles. The normalized spacial score (nSPS) is 11.1. The molecule has 0 aliphatic rings. The van der Waals surface area contributed by atoms with Crippen molar-refractivity contribution in [3.05, 3.63) is 59.9 Å². The Balaban J connectivity index is 1.90. The Kier molecular flexibility index (Phi) is 8.83. The molecule has 1 aromatic carbocycles. The van der Waals surface area contributed by atoms with Gasteiger partial charge in [0.2, 0.25) is 5.91 Å². The van der Waals surface area contributed by atoms with Crippen LogP contribution < -0.4 is 16.0 Å². The second-order valence-electron chi connectivity index (χ2n) is 6.19. The summed E-state index contributed by atoms with van der Waals surface area (Å²) < 4.78 is 0. The first-order valence-electron chi connectivity index (χ1n) is 9.52. The summed E-state index contributed by atoms with van der Waals surface area (Å²) in [6.07, 6.45) is 4.02. The van der Waals surface area contributed by atoms with E-state index in [4.69, 9.17) is 0 Å². The van der Waals surface area contributed by atoms with Crippen molar-refractivity contribution in [2.45, 2.75) is 39.7 Å². The second kappa shape index (κ2) is 11.7. The van der Waals surface area contributed by atoms with Crippen LogP contribution in [0.4, 0.5) is 5.69 Å². The van der Waals surface area contributed by atoms with Crippen LogP contribution in [-0.4, -0.2) is 29.9 Å². The van der Waals surface area contributed by atoms with Crippen molar-refractivity contribution >= 4 is 17.6 Å². The lowest BCUT2D eigenvalue weighted by Crippen LogP contribution is -2.38. The topological polar surface area (TPSA) is 78.4 Å². The van der Waals surface area contributed by atoms with Gasteiger partial charge in [-0.15, -0.1) is 0 Å². The first-order valence-corrected chi connectivity index (χ1v) is 9.52. The van der Waals surface area contributed by atoms with Gasteiger partial charge in [-0.1, -0.05) is 25.1 Å². The molecule has 0 atom stereocenters. The average molecular weight is 367 g/mol. The van der Waals surface area contributed by atoms with Crippen LogP contribution in [0.2, 0.25) is 0 Å². The zero-order valence-corrected chi connectivity index (χ0v) is 16.2. The summed E-state index contributed by atoms with van der Waals surface area (Å²) >= 11 is 0. The second-order valence-corrected chi connectivity index (χ2v) is 6.19. The number of aliphatic imine (C=N–C) groups is 1. The number of guanidine groups is 1. The number of carbonyl (C=O) groups excluding carboxylic acids is 1. The fraction of sp³-hybridized carbons (Fsp3) is 0.381. The van der Waals surface area contributed by atoms with Crippen molar-refractivity contribution in [3.63, 3.8) is 0 Å². The maximum atomic E-state index is 11.7. The number of aromatic nitrogens is 1. The number of hydrogen-bond acceptors (Lipinski definition) is 3. The minimum absolute atomic E-state index is 0.0441. The number of nitrogens with one attached hydrogen (secondary N) is 3. The van der Waals surface area contributed by atoms with E-state index in [-0.39, 0.29) is 5.91 Å². The van der Waals surface area contributed by atoms with E-state index >= 15 is 0 Å². The van der Waals surface area contributed by atoms with E-state index in [1.807, 2.05) is 56.3 Å². The van der Waals surface area contributed by atoms with Gasteiger partial charge in [-0.25, -0.2) is 4.99 Å². The van der Waals surface area contributed by atoms with Gasteiger partial charge in [0.1, 0.15) is 0 Å². The number of amides is 1. The molecule has 2 aromatic rings. The minimum Gasteiger partial charge on any atom is -0.357 e. The molecule has 3 N–H and O–H groups in total. The van der Waals surface area contributed by atoms with E-state index in [9.17, 15) is 4.79 Å². The lowest BCUT2D eigenvalue weighted by atomic mass is 10.2. The number of rotatable bonds is 9. The van der Waals surface area contributed by atoms with Gasteiger partial charge in [0.25, 0.3) is 0 Å². The monoisotopic (exact) mass is 367 g/mol. The standard InChI is InChI=1S/C21H29N5O/c1-3-8-20(27)26-19-11-7-9-17(15-19)16-25-21(22-4-2)24-14-12-18-10-5-6-13-23-18/h5-7,9-11,13,15H,3-4,8,12,14,16H2,1-2H3,(H,26,27)(H2,22,24,25). The van der Waals surface area contributed by atoms with Crippen LogP contribution in [-0.2, 0) is 17.8 Å². The van der Waals surface area contributed by atoms with Crippen molar-refractivity contribution in [1.82, 2.24) is 15.6 Å². The Morgan fingerprint density at radius 1 is 1.11 bits per heavy atom. The summed E-state index contributed by atoms with van der Waals surface area (Å²) in [5, 5.41) is 9.51. The maximum Gasteiger partial charge on any atom is 0.224 e. The summed E-state index contributed by atoms with van der Waals surface area (Å²) in [6, 6.07) is 13.7. The molecule has 6 nitrogen and oxygen atoms in total. The highest BCUT2D eigenvalue weighted by atomic mass is 16.1. The van der Waals surface area contributed by atoms with E-state index < -0.39 is 0 Å². The van der Waals surface area contributed by atoms with Gasteiger partial charge in [-0.05, 0) is 43.2 Å². The molecule has 1 heterocycles. The number of anilines is 1. The van der Waals surface area contributed by atoms with Gasteiger partial charge in [0.05, 0.1) is 6.54 Å². The molecule has 0 bridgehead atoms. The van der Waals surface area contributed by atoms with Crippen LogP contribution in [0.25, 0.3) is 0 Å². The highest BCUT2D eigenvalue weighted by Crippen LogP contribution is 2.12. The average Bonchev–Trinajstić information content (AvgIpc) is 2.67. The summed E-state index contributed by atoms with van der Waals surface area (Å²) in [6.45, 7) is 6.13. The fourth-order valence-corrected chi connectivity index (χ4v) is 2.57. The Labute approximate surface area is 161 Å². The Morgan fingerprint density at radius 2 is 2.00 bits per heavy atom. The molecule has 1 amide bonds. The highest BCUT2D eigenvalue weighted by molar-refractivity contribution is 5.90. The van der Waals surface area contributed by atoms with Crippen LogP contribution in [0.5, 0.6) is 0 Å². The largest absolute Gasteiger partial charge is 0.357 e. The molecule has 0 fully saturated rings. The molecule has 0 radical (unpaired) electrons. The van der Waals surface area contributed by atoms with Crippen LogP contribution in [0.3, 0.4) is 0 Å². The molecule has 0 saturated heterocycles. The lowest BCUT2D eigenvalue weighted by Gasteiger charge is -2.11. The molecular weight excluding hydrogens is 338 g/mol. The number of nitrogens with zero attached hydrogens (tertiary/aromatic N) is 2. The molecule has 0 spiro atoms. The van der Waals surface area contributed by atoms with Gasteiger partial charge < -0.3 is 16.0 Å². The van der Waals surface area contributed by atoms with Crippen molar-refractivity contribution < 1.29 is 4.79 Å². The maximum absolute atomic E-state index is 11.7. The van der Waals surface area contributed by atoms with Gasteiger partial charge >= 0.3 is 0 Å². The fourth-order valence-electron chi connectivity index (χ4n) is 2.57. The predicted octanol–water partition coefficient (Wildman–Crippen LogP) is 3.12. The van der Waals surface area contributed by atoms with E-state index in [0.29, 0.717) is 13.0 Å². The predicted molar refractivity (Wildman–Crippen MR) is 111 cm³/mol. The highest BCUT2D eigenvalue weighted by Gasteiger charge is 2.02. The smallest absolute Gasteiger partial charge is 0.224 e. The molecule has 6 heteroatoms. The van der Waals surface area contributed by atoms with Crippen molar-refractivity contribution in [1.29, 1.82) is 0 Å². The number of benzene rings is 1. The molecular formula is C21H29N5O. The van der Waals surface area contributed by atoms with Gasteiger partial charge in [-0.3, -0.25) is 9.78 Å². The third kappa shape index (κ3) is 7.90. The summed E-state index contributed by atoms with van der Waals surface area (Å²) in [4.78, 5) is 20.7. The minimum atomic E-state index is 0.0441. The molecule has 0 aliphatic carbocycles. The van der Waals surface area contributed by atoms with Crippen molar-refractivity contribution in [3.8, 4) is 0 Å². The van der Waals surface area contributed by atoms with Gasteiger partial charge in [-0.2, -0.15) is 0 Å². The van der Waals surface area contributed by atoms with Crippen LogP contribution in [0.1, 0.15) is 37.9 Å². The third-order valence-electron chi connectivity index (χ3n) is 3.85. The lowest BCUT2D eigenvalue weighted by molar-refractivity contribution is -0.116. The van der Waals surface area contributed by atoms with Crippen LogP contribution in [0.15, 0.2) is 53.7 Å². The van der Waals surface area contributed by atoms with E-state index in [2.05, 4.69) is 25.9 Å². The summed E-state index contributed by atoms with van der Waals surface area (Å²) in [5.74, 6) is 0.816. The molecule has 2 rings (SSSR count).